The maximum atomic E-state index is 9.56. The molecule has 3 nitrogen and oxygen atoms in total. The quantitative estimate of drug-likeness (QED) is 0.796. The third kappa shape index (κ3) is 2.37. The van der Waals surface area contributed by atoms with Gasteiger partial charge in [-0.05, 0) is 30.5 Å². The van der Waals surface area contributed by atoms with Crippen molar-refractivity contribution in [3.63, 3.8) is 0 Å². The zero-order valence-corrected chi connectivity index (χ0v) is 10.1. The predicted octanol–water partition coefficient (Wildman–Crippen LogP) is 0.940. The van der Waals surface area contributed by atoms with Crippen LogP contribution in [0.25, 0.3) is 0 Å². The van der Waals surface area contributed by atoms with Crippen molar-refractivity contribution in [2.24, 2.45) is 0 Å². The average molecular weight is 232 g/mol. The molecule has 2 heterocycles. The summed E-state index contributed by atoms with van der Waals surface area (Å²) in [6.07, 6.45) is 1.94. The minimum atomic E-state index is -0.117. The molecule has 0 aromatic heterocycles. The van der Waals surface area contributed by atoms with Crippen LogP contribution in [0.2, 0.25) is 0 Å². The molecular formula is C14H20N2O. The Hall–Kier alpha value is -0.900. The van der Waals surface area contributed by atoms with Crippen molar-refractivity contribution in [3.05, 3.63) is 35.4 Å². The molecule has 2 N–H and O–H groups in total. The first kappa shape index (κ1) is 11.2. The fraction of sp³-hybridized carbons (Fsp3) is 0.571. The van der Waals surface area contributed by atoms with Crippen LogP contribution < -0.4 is 5.32 Å². The molecule has 1 unspecified atom stereocenters. The Balaban J connectivity index is 1.72. The summed E-state index contributed by atoms with van der Waals surface area (Å²) in [5.41, 5.74) is 2.93. The van der Waals surface area contributed by atoms with Gasteiger partial charge in [0.15, 0.2) is 0 Å². The Labute approximate surface area is 102 Å². The van der Waals surface area contributed by atoms with E-state index in [2.05, 4.69) is 34.5 Å². The molecule has 0 aliphatic carbocycles. The van der Waals surface area contributed by atoms with E-state index >= 15 is 0 Å². The molecule has 0 amide bonds. The van der Waals surface area contributed by atoms with E-state index in [0.29, 0.717) is 6.04 Å². The van der Waals surface area contributed by atoms with Crippen LogP contribution in [0.4, 0.5) is 0 Å². The number of benzene rings is 1. The molecule has 17 heavy (non-hydrogen) atoms. The van der Waals surface area contributed by atoms with Gasteiger partial charge in [-0.25, -0.2) is 0 Å². The predicted molar refractivity (Wildman–Crippen MR) is 68.0 cm³/mol. The zero-order valence-electron chi connectivity index (χ0n) is 10.1. The minimum Gasteiger partial charge on any atom is -0.392 e. The minimum absolute atomic E-state index is 0.117. The van der Waals surface area contributed by atoms with Crippen molar-refractivity contribution in [2.75, 3.05) is 26.2 Å². The summed E-state index contributed by atoms with van der Waals surface area (Å²) >= 11 is 0. The number of aliphatic hydroxyl groups excluding tert-OH is 1. The monoisotopic (exact) mass is 232 g/mol. The topological polar surface area (TPSA) is 35.5 Å². The van der Waals surface area contributed by atoms with Crippen molar-refractivity contribution >= 4 is 0 Å². The maximum absolute atomic E-state index is 9.56. The summed E-state index contributed by atoms with van der Waals surface area (Å²) in [6.45, 7) is 3.95. The van der Waals surface area contributed by atoms with Crippen LogP contribution in [0.15, 0.2) is 24.3 Å². The van der Waals surface area contributed by atoms with Gasteiger partial charge in [0, 0.05) is 25.7 Å². The fourth-order valence-corrected chi connectivity index (χ4v) is 2.99. The normalized spacial score (nSPS) is 29.2. The van der Waals surface area contributed by atoms with Crippen LogP contribution in [0, 0.1) is 0 Å². The Bertz CT molecular complexity index is 394. The number of rotatable bonds is 2. The number of nitrogens with zero attached hydrogens (tertiary/aromatic N) is 1. The number of nitrogens with one attached hydrogen (secondary N) is 1. The van der Waals surface area contributed by atoms with Crippen LogP contribution in [-0.4, -0.2) is 42.3 Å². The van der Waals surface area contributed by atoms with E-state index in [0.717, 1.165) is 39.0 Å². The van der Waals surface area contributed by atoms with Crippen LogP contribution >= 0.6 is 0 Å². The highest BCUT2D eigenvalue weighted by atomic mass is 16.3. The third-order valence-corrected chi connectivity index (χ3v) is 3.90. The van der Waals surface area contributed by atoms with Gasteiger partial charge >= 0.3 is 0 Å². The summed E-state index contributed by atoms with van der Waals surface area (Å²) in [7, 11) is 0. The molecule has 1 aromatic carbocycles. The molecule has 1 fully saturated rings. The molecule has 0 radical (unpaired) electrons. The smallest absolute Gasteiger partial charge is 0.0679 e. The van der Waals surface area contributed by atoms with Crippen molar-refractivity contribution < 1.29 is 5.11 Å². The molecule has 0 saturated carbocycles. The van der Waals surface area contributed by atoms with E-state index < -0.39 is 0 Å². The lowest BCUT2D eigenvalue weighted by atomic mass is 9.94. The van der Waals surface area contributed by atoms with E-state index in [1.165, 1.54) is 11.1 Å². The molecule has 2 aliphatic rings. The molecule has 1 saturated heterocycles. The lowest BCUT2D eigenvalue weighted by Crippen LogP contribution is -2.38. The second kappa shape index (κ2) is 4.77. The highest BCUT2D eigenvalue weighted by Crippen LogP contribution is 2.24. The zero-order chi connectivity index (χ0) is 11.7. The maximum Gasteiger partial charge on any atom is 0.0679 e. The lowest BCUT2D eigenvalue weighted by Gasteiger charge is -2.30. The summed E-state index contributed by atoms with van der Waals surface area (Å²) in [5.74, 6) is 0. The van der Waals surface area contributed by atoms with E-state index in [1.807, 2.05) is 0 Å². The van der Waals surface area contributed by atoms with Crippen LogP contribution in [0.1, 0.15) is 23.6 Å². The van der Waals surface area contributed by atoms with Gasteiger partial charge in [0.05, 0.1) is 6.10 Å². The Morgan fingerprint density at radius 1 is 1.35 bits per heavy atom. The number of hydrogen-bond acceptors (Lipinski definition) is 3. The number of β-amino-alcohol motifs (C(OH)–C–C–N with tert-alkyl or cyclic N) is 1. The van der Waals surface area contributed by atoms with Gasteiger partial charge in [0.25, 0.3) is 0 Å². The Morgan fingerprint density at radius 2 is 2.24 bits per heavy atom. The van der Waals surface area contributed by atoms with E-state index in [-0.39, 0.29) is 6.10 Å². The van der Waals surface area contributed by atoms with Crippen molar-refractivity contribution in [2.45, 2.75) is 25.0 Å². The molecule has 0 bridgehead atoms. The summed E-state index contributed by atoms with van der Waals surface area (Å²) in [4.78, 5) is 2.37. The number of aliphatic hydroxyl groups is 1. The second-order valence-electron chi connectivity index (χ2n) is 5.16. The van der Waals surface area contributed by atoms with Gasteiger partial charge in [0.2, 0.25) is 0 Å². The van der Waals surface area contributed by atoms with E-state index in [4.69, 9.17) is 0 Å². The molecule has 92 valence electrons. The SMILES string of the molecule is O[C@H]1CCN(CC2NCCc3ccccc32)C1. The van der Waals surface area contributed by atoms with Crippen molar-refractivity contribution in [1.82, 2.24) is 10.2 Å². The molecule has 3 heteroatoms. The highest BCUT2D eigenvalue weighted by molar-refractivity contribution is 5.32. The number of likely N-dealkylation sites (tertiary alicyclic amines) is 1. The summed E-state index contributed by atoms with van der Waals surface area (Å²) in [5, 5.41) is 13.2. The summed E-state index contributed by atoms with van der Waals surface area (Å²) in [6, 6.07) is 9.16. The van der Waals surface area contributed by atoms with Gasteiger partial charge in [-0.2, -0.15) is 0 Å². The van der Waals surface area contributed by atoms with Gasteiger partial charge in [-0.3, -0.25) is 4.90 Å². The lowest BCUT2D eigenvalue weighted by molar-refractivity contribution is 0.172. The highest BCUT2D eigenvalue weighted by Gasteiger charge is 2.25. The largest absolute Gasteiger partial charge is 0.392 e. The average Bonchev–Trinajstić information content (AvgIpc) is 2.75. The second-order valence-corrected chi connectivity index (χ2v) is 5.16. The van der Waals surface area contributed by atoms with Crippen LogP contribution in [-0.2, 0) is 6.42 Å². The van der Waals surface area contributed by atoms with Crippen LogP contribution in [0.3, 0.4) is 0 Å². The van der Waals surface area contributed by atoms with E-state index in [1.54, 1.807) is 0 Å². The molecule has 0 spiro atoms. The summed E-state index contributed by atoms with van der Waals surface area (Å²) < 4.78 is 0. The van der Waals surface area contributed by atoms with Crippen molar-refractivity contribution in [1.29, 1.82) is 0 Å². The molecule has 3 rings (SSSR count). The standard InChI is InChI=1S/C14H20N2O/c17-12-6-8-16(9-12)10-14-13-4-2-1-3-11(13)5-7-15-14/h1-4,12,14-15,17H,5-10H2/t12-,14?/m0/s1. The fourth-order valence-electron chi connectivity index (χ4n) is 2.99. The first-order valence-corrected chi connectivity index (χ1v) is 6.54. The molecule has 2 atom stereocenters. The third-order valence-electron chi connectivity index (χ3n) is 3.90. The first-order chi connectivity index (χ1) is 8.33. The van der Waals surface area contributed by atoms with E-state index in [9.17, 15) is 5.11 Å². The first-order valence-electron chi connectivity index (χ1n) is 6.54. The van der Waals surface area contributed by atoms with Crippen LogP contribution in [0.5, 0.6) is 0 Å². The molecule has 2 aliphatic heterocycles. The van der Waals surface area contributed by atoms with Gasteiger partial charge in [0.1, 0.15) is 0 Å². The van der Waals surface area contributed by atoms with Gasteiger partial charge < -0.3 is 10.4 Å². The number of hydrogen-bond donors (Lipinski definition) is 2. The van der Waals surface area contributed by atoms with Gasteiger partial charge in [-0.15, -0.1) is 0 Å². The Kier molecular flexibility index (Phi) is 3.14. The number of fused-ring (bicyclic) bond motifs is 1. The van der Waals surface area contributed by atoms with Gasteiger partial charge in [-0.1, -0.05) is 24.3 Å². The molecule has 1 aromatic rings. The Morgan fingerprint density at radius 3 is 3.06 bits per heavy atom. The molecular weight excluding hydrogens is 212 g/mol. The van der Waals surface area contributed by atoms with Crippen molar-refractivity contribution in [3.8, 4) is 0 Å².